The zero-order valence-electron chi connectivity index (χ0n) is 15.3. The highest BCUT2D eigenvalue weighted by atomic mass is 32.2. The Hall–Kier alpha value is -2.87. The van der Waals surface area contributed by atoms with E-state index >= 15 is 0 Å². The van der Waals surface area contributed by atoms with Gasteiger partial charge < -0.3 is 10.1 Å². The third-order valence-electron chi connectivity index (χ3n) is 3.95. The third kappa shape index (κ3) is 5.30. The number of anilines is 1. The van der Waals surface area contributed by atoms with Crippen LogP contribution in [0.3, 0.4) is 0 Å². The number of rotatable bonds is 8. The zero-order chi connectivity index (χ0) is 20.0. The Bertz CT molecular complexity index is 882. The van der Waals surface area contributed by atoms with Crippen LogP contribution in [0.15, 0.2) is 36.4 Å². The molecule has 0 aromatic heterocycles. The van der Waals surface area contributed by atoms with Gasteiger partial charge in [-0.15, -0.1) is 11.8 Å². The molecular weight excluding hydrogens is 368 g/mol. The van der Waals surface area contributed by atoms with Crippen molar-refractivity contribution in [3.63, 3.8) is 0 Å². The van der Waals surface area contributed by atoms with E-state index in [2.05, 4.69) is 5.32 Å². The predicted octanol–water partition coefficient (Wildman–Crippen LogP) is 3.99. The molecule has 0 aliphatic rings. The number of hydrogen-bond donors (Lipinski definition) is 1. The van der Waals surface area contributed by atoms with Crippen LogP contribution < -0.4 is 10.1 Å². The lowest BCUT2D eigenvalue weighted by Crippen LogP contribution is -2.15. The van der Waals surface area contributed by atoms with E-state index in [1.54, 1.807) is 38.3 Å². The maximum absolute atomic E-state index is 12.2. The summed E-state index contributed by atoms with van der Waals surface area (Å²) < 4.78 is 5.30. The summed E-state index contributed by atoms with van der Waals surface area (Å²) in [5.74, 6) is 1.01. The standard InChI is InChI=1S/C19H20N2O5S/c1-12-16(5-4-6-17(12)21(24)25)20-19(23)11-27-10-15-9-14(13(2)22)7-8-18(15)26-3/h4-9H,10-11H2,1-3H3,(H,20,23). The van der Waals surface area contributed by atoms with Gasteiger partial charge in [0.2, 0.25) is 5.91 Å². The van der Waals surface area contributed by atoms with Crippen LogP contribution in [0.1, 0.15) is 28.4 Å². The molecule has 0 saturated carbocycles. The van der Waals surface area contributed by atoms with E-state index in [0.29, 0.717) is 28.3 Å². The highest BCUT2D eigenvalue weighted by Gasteiger charge is 2.15. The Kier molecular flexibility index (Phi) is 6.95. The molecule has 1 amide bonds. The predicted molar refractivity (Wildman–Crippen MR) is 106 cm³/mol. The summed E-state index contributed by atoms with van der Waals surface area (Å²) in [6, 6.07) is 9.76. The van der Waals surface area contributed by atoms with Gasteiger partial charge in [-0.2, -0.15) is 0 Å². The van der Waals surface area contributed by atoms with Crippen molar-refractivity contribution < 1.29 is 19.2 Å². The topological polar surface area (TPSA) is 98.5 Å². The normalized spacial score (nSPS) is 10.3. The van der Waals surface area contributed by atoms with E-state index in [0.717, 1.165) is 5.56 Å². The van der Waals surface area contributed by atoms with E-state index < -0.39 is 4.92 Å². The summed E-state index contributed by atoms with van der Waals surface area (Å²) in [6.45, 7) is 3.09. The summed E-state index contributed by atoms with van der Waals surface area (Å²) in [7, 11) is 1.55. The third-order valence-corrected chi connectivity index (χ3v) is 4.94. The molecule has 1 N–H and O–H groups in total. The van der Waals surface area contributed by atoms with E-state index in [4.69, 9.17) is 4.74 Å². The van der Waals surface area contributed by atoms with Gasteiger partial charge in [0.25, 0.3) is 5.69 Å². The molecule has 142 valence electrons. The second kappa shape index (κ2) is 9.18. The second-order valence-corrected chi connectivity index (χ2v) is 6.82. The van der Waals surface area contributed by atoms with Crippen molar-refractivity contribution >= 4 is 34.8 Å². The molecule has 0 saturated heterocycles. The molecule has 0 aliphatic carbocycles. The summed E-state index contributed by atoms with van der Waals surface area (Å²) in [6.07, 6.45) is 0. The lowest BCUT2D eigenvalue weighted by atomic mass is 10.1. The van der Waals surface area contributed by atoms with Crippen molar-refractivity contribution in [3.8, 4) is 5.75 Å². The van der Waals surface area contributed by atoms with Gasteiger partial charge in [0, 0.05) is 22.9 Å². The van der Waals surface area contributed by atoms with E-state index in [1.165, 1.54) is 30.8 Å². The number of ketones is 1. The molecule has 2 rings (SSSR count). The van der Waals surface area contributed by atoms with Gasteiger partial charge >= 0.3 is 0 Å². The van der Waals surface area contributed by atoms with Crippen molar-refractivity contribution in [2.75, 3.05) is 18.2 Å². The highest BCUT2D eigenvalue weighted by molar-refractivity contribution is 7.99. The zero-order valence-corrected chi connectivity index (χ0v) is 16.1. The SMILES string of the molecule is COc1ccc(C(C)=O)cc1CSCC(=O)Nc1cccc([N+](=O)[O-])c1C. The monoisotopic (exact) mass is 388 g/mol. The number of methoxy groups -OCH3 is 1. The molecule has 0 heterocycles. The fourth-order valence-electron chi connectivity index (χ4n) is 2.51. The number of nitro benzene ring substituents is 1. The van der Waals surface area contributed by atoms with Gasteiger partial charge in [-0.1, -0.05) is 6.07 Å². The lowest BCUT2D eigenvalue weighted by Gasteiger charge is -2.11. The van der Waals surface area contributed by atoms with Gasteiger partial charge in [-0.3, -0.25) is 19.7 Å². The fraction of sp³-hybridized carbons (Fsp3) is 0.263. The molecule has 0 unspecified atom stereocenters. The molecular formula is C19H20N2O5S. The minimum atomic E-state index is -0.478. The minimum Gasteiger partial charge on any atom is -0.496 e. The van der Waals surface area contributed by atoms with Crippen molar-refractivity contribution in [1.29, 1.82) is 0 Å². The number of nitrogens with one attached hydrogen (secondary N) is 1. The van der Waals surface area contributed by atoms with E-state index in [9.17, 15) is 19.7 Å². The molecule has 0 fully saturated rings. The van der Waals surface area contributed by atoms with Crippen molar-refractivity contribution in [1.82, 2.24) is 0 Å². The molecule has 0 bridgehead atoms. The van der Waals surface area contributed by atoms with Crippen molar-refractivity contribution in [2.24, 2.45) is 0 Å². The van der Waals surface area contributed by atoms with Gasteiger partial charge in [0.15, 0.2) is 5.78 Å². The number of Topliss-reactive ketones (excluding diaryl/α,β-unsaturated/α-hetero) is 1. The maximum atomic E-state index is 12.2. The molecule has 8 heteroatoms. The molecule has 0 atom stereocenters. The summed E-state index contributed by atoms with van der Waals surface area (Å²) in [5.41, 5.74) is 2.21. The maximum Gasteiger partial charge on any atom is 0.274 e. The van der Waals surface area contributed by atoms with Crippen LogP contribution in [0.2, 0.25) is 0 Å². The quantitative estimate of drug-likeness (QED) is 0.417. The molecule has 7 nitrogen and oxygen atoms in total. The number of hydrogen-bond acceptors (Lipinski definition) is 6. The van der Waals surface area contributed by atoms with Crippen LogP contribution in [-0.4, -0.2) is 29.5 Å². The van der Waals surface area contributed by atoms with Crippen LogP contribution in [0, 0.1) is 17.0 Å². The number of thioether (sulfide) groups is 1. The first-order valence-corrected chi connectivity index (χ1v) is 9.28. The first-order chi connectivity index (χ1) is 12.8. The summed E-state index contributed by atoms with van der Waals surface area (Å²) in [5, 5.41) is 13.7. The fourth-order valence-corrected chi connectivity index (χ4v) is 3.31. The smallest absolute Gasteiger partial charge is 0.274 e. The van der Waals surface area contributed by atoms with Crippen LogP contribution in [0.4, 0.5) is 11.4 Å². The van der Waals surface area contributed by atoms with Crippen LogP contribution >= 0.6 is 11.8 Å². The Morgan fingerprint density at radius 2 is 2.00 bits per heavy atom. The first-order valence-electron chi connectivity index (χ1n) is 8.13. The average molecular weight is 388 g/mol. The Labute approximate surface area is 161 Å². The summed E-state index contributed by atoms with van der Waals surface area (Å²) >= 11 is 1.36. The molecule has 0 radical (unpaired) electrons. The Balaban J connectivity index is 1.99. The number of amides is 1. The van der Waals surface area contributed by atoms with Crippen LogP contribution in [0.5, 0.6) is 5.75 Å². The minimum absolute atomic E-state index is 0.0359. The van der Waals surface area contributed by atoms with E-state index in [1.807, 2.05) is 0 Å². The van der Waals surface area contributed by atoms with Crippen LogP contribution in [-0.2, 0) is 10.5 Å². The van der Waals surface area contributed by atoms with Gasteiger partial charge in [0.05, 0.1) is 29.0 Å². The molecule has 2 aromatic rings. The molecule has 27 heavy (non-hydrogen) atoms. The summed E-state index contributed by atoms with van der Waals surface area (Å²) in [4.78, 5) is 34.2. The van der Waals surface area contributed by atoms with E-state index in [-0.39, 0.29) is 23.1 Å². The molecule has 0 aliphatic heterocycles. The number of nitro groups is 1. The number of carbonyl (C=O) groups excluding carboxylic acids is 2. The highest BCUT2D eigenvalue weighted by Crippen LogP contribution is 2.27. The number of carbonyl (C=O) groups is 2. The molecule has 0 spiro atoms. The second-order valence-electron chi connectivity index (χ2n) is 5.83. The van der Waals surface area contributed by atoms with Gasteiger partial charge in [-0.05, 0) is 38.1 Å². The molecule has 2 aromatic carbocycles. The largest absolute Gasteiger partial charge is 0.496 e. The van der Waals surface area contributed by atoms with Gasteiger partial charge in [-0.25, -0.2) is 0 Å². The van der Waals surface area contributed by atoms with Crippen molar-refractivity contribution in [3.05, 3.63) is 63.2 Å². The number of ether oxygens (including phenoxy) is 1. The number of benzene rings is 2. The van der Waals surface area contributed by atoms with Crippen molar-refractivity contribution in [2.45, 2.75) is 19.6 Å². The Morgan fingerprint density at radius 1 is 1.26 bits per heavy atom. The van der Waals surface area contributed by atoms with Gasteiger partial charge in [0.1, 0.15) is 5.75 Å². The van der Waals surface area contributed by atoms with Crippen LogP contribution in [0.25, 0.3) is 0 Å². The Morgan fingerprint density at radius 3 is 2.63 bits per heavy atom. The average Bonchev–Trinajstić information content (AvgIpc) is 2.63. The number of nitrogens with zero attached hydrogens (tertiary/aromatic N) is 1. The first kappa shape index (κ1) is 20.4. The lowest BCUT2D eigenvalue weighted by molar-refractivity contribution is -0.385.